The van der Waals surface area contributed by atoms with Gasteiger partial charge in [0, 0.05) is 31.5 Å². The zero-order chi connectivity index (χ0) is 13.4. The lowest BCUT2D eigenvalue weighted by atomic mass is 10.1. The number of benzene rings is 1. The zero-order valence-electron chi connectivity index (χ0n) is 10.8. The molecule has 0 atom stereocenters. The lowest BCUT2D eigenvalue weighted by Crippen LogP contribution is -2.10. The average Bonchev–Trinajstić information content (AvgIpc) is 2.38. The monoisotopic (exact) mass is 269 g/mol. The van der Waals surface area contributed by atoms with Crippen molar-refractivity contribution in [3.8, 4) is 5.75 Å². The topological polar surface area (TPSA) is 53.7 Å². The van der Waals surface area contributed by atoms with E-state index in [2.05, 4.69) is 0 Å². The molecule has 0 aliphatic heterocycles. The summed E-state index contributed by atoms with van der Waals surface area (Å²) in [6.45, 7) is 1.82. The Balaban J connectivity index is 2.61. The van der Waals surface area contributed by atoms with Gasteiger partial charge in [0.15, 0.2) is 0 Å². The predicted molar refractivity (Wildman–Crippen MR) is 75.0 cm³/mol. The standard InChI is InChI=1S/C13H19NO3S/c1-15-6-3-7-17-9-11-8-10(13(14)18)4-5-12(11)16-2/h4-5,8H,3,6-7,9H2,1-2H3,(H2,14,18). The second-order valence-electron chi connectivity index (χ2n) is 3.79. The quantitative estimate of drug-likeness (QED) is 0.577. The van der Waals surface area contributed by atoms with Crippen molar-refractivity contribution < 1.29 is 14.2 Å². The first-order valence-electron chi connectivity index (χ1n) is 5.72. The van der Waals surface area contributed by atoms with Gasteiger partial charge in [-0.3, -0.25) is 0 Å². The summed E-state index contributed by atoms with van der Waals surface area (Å²) in [5.41, 5.74) is 7.37. The molecule has 0 radical (unpaired) electrons. The highest BCUT2D eigenvalue weighted by Crippen LogP contribution is 2.20. The number of hydrogen-bond donors (Lipinski definition) is 1. The SMILES string of the molecule is COCCCOCc1cc(C(N)=S)ccc1OC. The molecule has 0 unspecified atom stereocenters. The number of nitrogens with two attached hydrogens (primary N) is 1. The molecule has 0 aliphatic rings. The molecule has 100 valence electrons. The van der Waals surface area contributed by atoms with Crippen LogP contribution in [0.5, 0.6) is 5.75 Å². The molecule has 1 aromatic carbocycles. The van der Waals surface area contributed by atoms with Crippen molar-refractivity contribution in [3.05, 3.63) is 29.3 Å². The molecule has 0 aliphatic carbocycles. The lowest BCUT2D eigenvalue weighted by Gasteiger charge is -2.11. The average molecular weight is 269 g/mol. The first-order chi connectivity index (χ1) is 8.69. The van der Waals surface area contributed by atoms with E-state index in [1.165, 1.54) is 0 Å². The Morgan fingerprint density at radius 2 is 2.06 bits per heavy atom. The molecule has 1 rings (SSSR count). The minimum Gasteiger partial charge on any atom is -0.496 e. The molecule has 0 bridgehead atoms. The summed E-state index contributed by atoms with van der Waals surface area (Å²) in [7, 11) is 3.30. The fourth-order valence-corrected chi connectivity index (χ4v) is 1.66. The van der Waals surface area contributed by atoms with E-state index in [0.717, 1.165) is 23.3 Å². The molecule has 1 aromatic rings. The molecule has 0 amide bonds. The molecule has 0 spiro atoms. The Bertz CT molecular complexity index is 396. The molecule has 0 saturated heterocycles. The Morgan fingerprint density at radius 1 is 1.28 bits per heavy atom. The molecule has 2 N–H and O–H groups in total. The van der Waals surface area contributed by atoms with Crippen molar-refractivity contribution in [2.45, 2.75) is 13.0 Å². The number of methoxy groups -OCH3 is 2. The van der Waals surface area contributed by atoms with Crippen LogP contribution in [0.2, 0.25) is 0 Å². The van der Waals surface area contributed by atoms with Crippen molar-refractivity contribution in [2.75, 3.05) is 27.4 Å². The molecule has 0 aromatic heterocycles. The first-order valence-corrected chi connectivity index (χ1v) is 6.13. The van der Waals surface area contributed by atoms with Gasteiger partial charge < -0.3 is 19.9 Å². The van der Waals surface area contributed by atoms with Crippen LogP contribution in [-0.4, -0.2) is 32.4 Å². The molecule has 0 saturated carbocycles. The second kappa shape index (κ2) is 8.02. The first kappa shape index (κ1) is 14.9. The van der Waals surface area contributed by atoms with Gasteiger partial charge in [-0.2, -0.15) is 0 Å². The summed E-state index contributed by atoms with van der Waals surface area (Å²) in [4.78, 5) is 0.373. The van der Waals surface area contributed by atoms with Gasteiger partial charge in [0.2, 0.25) is 0 Å². The van der Waals surface area contributed by atoms with Gasteiger partial charge in [-0.25, -0.2) is 0 Å². The van der Waals surface area contributed by atoms with Gasteiger partial charge in [-0.1, -0.05) is 12.2 Å². The van der Waals surface area contributed by atoms with E-state index in [0.29, 0.717) is 24.8 Å². The summed E-state index contributed by atoms with van der Waals surface area (Å²) in [6, 6.07) is 5.59. The Labute approximate surface area is 113 Å². The second-order valence-corrected chi connectivity index (χ2v) is 4.23. The molecule has 5 heteroatoms. The van der Waals surface area contributed by atoms with Gasteiger partial charge in [-0.05, 0) is 24.6 Å². The van der Waals surface area contributed by atoms with Gasteiger partial charge >= 0.3 is 0 Å². The van der Waals surface area contributed by atoms with E-state index in [1.807, 2.05) is 18.2 Å². The smallest absolute Gasteiger partial charge is 0.124 e. The van der Waals surface area contributed by atoms with E-state index < -0.39 is 0 Å². The van der Waals surface area contributed by atoms with Crippen molar-refractivity contribution in [2.24, 2.45) is 5.73 Å². The summed E-state index contributed by atoms with van der Waals surface area (Å²) < 4.78 is 15.8. The van der Waals surface area contributed by atoms with Crippen molar-refractivity contribution in [1.29, 1.82) is 0 Å². The number of ether oxygens (including phenoxy) is 3. The van der Waals surface area contributed by atoms with Crippen LogP contribution in [0.15, 0.2) is 18.2 Å². The third-order valence-corrected chi connectivity index (χ3v) is 2.70. The number of hydrogen-bond acceptors (Lipinski definition) is 4. The van der Waals surface area contributed by atoms with E-state index in [-0.39, 0.29) is 0 Å². The largest absolute Gasteiger partial charge is 0.496 e. The maximum atomic E-state index is 5.60. The van der Waals surface area contributed by atoms with Crippen LogP contribution < -0.4 is 10.5 Å². The van der Waals surface area contributed by atoms with Crippen molar-refractivity contribution in [1.82, 2.24) is 0 Å². The Hall–Kier alpha value is -1.17. The van der Waals surface area contributed by atoms with E-state index in [1.54, 1.807) is 14.2 Å². The molecule has 4 nitrogen and oxygen atoms in total. The Morgan fingerprint density at radius 3 is 2.67 bits per heavy atom. The summed E-state index contributed by atoms with van der Waals surface area (Å²) >= 11 is 4.95. The minimum absolute atomic E-state index is 0.373. The van der Waals surface area contributed by atoms with E-state index >= 15 is 0 Å². The zero-order valence-corrected chi connectivity index (χ0v) is 11.6. The van der Waals surface area contributed by atoms with Crippen LogP contribution in [0, 0.1) is 0 Å². The van der Waals surface area contributed by atoms with Crippen LogP contribution >= 0.6 is 12.2 Å². The summed E-state index contributed by atoms with van der Waals surface area (Å²) in [5, 5.41) is 0. The van der Waals surface area contributed by atoms with Crippen LogP contribution in [0.25, 0.3) is 0 Å². The highest BCUT2D eigenvalue weighted by molar-refractivity contribution is 7.80. The normalized spacial score (nSPS) is 10.3. The number of rotatable bonds is 8. The maximum Gasteiger partial charge on any atom is 0.124 e. The van der Waals surface area contributed by atoms with Crippen LogP contribution in [0.1, 0.15) is 17.5 Å². The van der Waals surface area contributed by atoms with Gasteiger partial charge in [-0.15, -0.1) is 0 Å². The number of thiocarbonyl (C=S) groups is 1. The van der Waals surface area contributed by atoms with Gasteiger partial charge in [0.05, 0.1) is 13.7 Å². The minimum atomic E-state index is 0.373. The fraction of sp³-hybridized carbons (Fsp3) is 0.462. The molecule has 0 heterocycles. The summed E-state index contributed by atoms with van der Waals surface area (Å²) in [5.74, 6) is 0.779. The molecule has 18 heavy (non-hydrogen) atoms. The summed E-state index contributed by atoms with van der Waals surface area (Å²) in [6.07, 6.45) is 0.869. The van der Waals surface area contributed by atoms with Crippen LogP contribution in [-0.2, 0) is 16.1 Å². The third kappa shape index (κ3) is 4.60. The Kier molecular flexibility index (Phi) is 6.64. The molecular formula is C13H19NO3S. The third-order valence-electron chi connectivity index (χ3n) is 2.46. The lowest BCUT2D eigenvalue weighted by molar-refractivity contribution is 0.0916. The van der Waals surface area contributed by atoms with Crippen LogP contribution in [0.3, 0.4) is 0 Å². The van der Waals surface area contributed by atoms with Gasteiger partial charge in [0.1, 0.15) is 10.7 Å². The molecule has 0 fully saturated rings. The van der Waals surface area contributed by atoms with Gasteiger partial charge in [0.25, 0.3) is 0 Å². The van der Waals surface area contributed by atoms with E-state index in [9.17, 15) is 0 Å². The van der Waals surface area contributed by atoms with Crippen LogP contribution in [0.4, 0.5) is 0 Å². The van der Waals surface area contributed by atoms with Crippen molar-refractivity contribution >= 4 is 17.2 Å². The molecular weight excluding hydrogens is 250 g/mol. The fourth-order valence-electron chi connectivity index (χ4n) is 1.53. The van der Waals surface area contributed by atoms with Crippen molar-refractivity contribution in [3.63, 3.8) is 0 Å². The maximum absolute atomic E-state index is 5.60. The highest BCUT2D eigenvalue weighted by atomic mass is 32.1. The predicted octanol–water partition coefficient (Wildman–Crippen LogP) is 1.88. The van der Waals surface area contributed by atoms with E-state index in [4.69, 9.17) is 32.2 Å². The highest BCUT2D eigenvalue weighted by Gasteiger charge is 2.06.